The van der Waals surface area contributed by atoms with Crippen LogP contribution in [0.2, 0.25) is 0 Å². The van der Waals surface area contributed by atoms with Crippen molar-refractivity contribution in [2.45, 2.75) is 31.6 Å². The van der Waals surface area contributed by atoms with Crippen molar-refractivity contribution in [1.82, 2.24) is 15.1 Å². The van der Waals surface area contributed by atoms with Gasteiger partial charge in [0.1, 0.15) is 0 Å². The van der Waals surface area contributed by atoms with E-state index in [0.29, 0.717) is 19.1 Å². The highest BCUT2D eigenvalue weighted by atomic mass is 19.4. The van der Waals surface area contributed by atoms with Crippen molar-refractivity contribution in [2.75, 3.05) is 6.54 Å². The van der Waals surface area contributed by atoms with Gasteiger partial charge in [0.2, 0.25) is 0 Å². The highest BCUT2D eigenvalue weighted by Crippen LogP contribution is 2.28. The number of halogens is 3. The maximum Gasteiger partial charge on any atom is 0.419 e. The molecule has 0 saturated heterocycles. The molecule has 0 aromatic carbocycles. The smallest absolute Gasteiger partial charge is 0.310 e. The number of rotatable bonds is 5. The zero-order valence-corrected chi connectivity index (χ0v) is 9.30. The van der Waals surface area contributed by atoms with Crippen molar-refractivity contribution in [1.29, 1.82) is 0 Å². The summed E-state index contributed by atoms with van der Waals surface area (Å²) in [6.07, 6.45) is -0.143. The second-order valence-corrected chi connectivity index (χ2v) is 4.33. The molecule has 1 aromatic heterocycles. The number of nitrogens with zero attached hydrogens (tertiary/aromatic N) is 2. The van der Waals surface area contributed by atoms with E-state index < -0.39 is 11.7 Å². The third-order valence-electron chi connectivity index (χ3n) is 2.56. The largest absolute Gasteiger partial charge is 0.419 e. The molecule has 0 bridgehead atoms. The highest BCUT2D eigenvalue weighted by molar-refractivity contribution is 5.10. The van der Waals surface area contributed by atoms with Crippen LogP contribution in [0.5, 0.6) is 0 Å². The fourth-order valence-electron chi connectivity index (χ4n) is 1.46. The molecule has 3 nitrogen and oxygen atoms in total. The Balaban J connectivity index is 1.85. The van der Waals surface area contributed by atoms with Crippen molar-refractivity contribution < 1.29 is 13.2 Å². The monoisotopic (exact) mass is 245 g/mol. The molecule has 1 aromatic rings. The van der Waals surface area contributed by atoms with Crippen LogP contribution >= 0.6 is 0 Å². The average molecular weight is 245 g/mol. The molecule has 1 fully saturated rings. The fraction of sp³-hybridized carbons (Fsp3) is 0.545. The second kappa shape index (κ2) is 4.52. The molecular weight excluding hydrogens is 231 g/mol. The maximum absolute atomic E-state index is 12.3. The van der Waals surface area contributed by atoms with Gasteiger partial charge in [0.25, 0.3) is 0 Å². The van der Waals surface area contributed by atoms with E-state index in [1.807, 2.05) is 0 Å². The molecule has 1 N–H and O–H groups in total. The van der Waals surface area contributed by atoms with E-state index in [-0.39, 0.29) is 0 Å². The Bertz CT molecular complexity index is 404. The minimum atomic E-state index is -4.33. The lowest BCUT2D eigenvalue weighted by Gasteiger charge is -2.07. The van der Waals surface area contributed by atoms with Crippen LogP contribution < -0.4 is 5.32 Å². The van der Waals surface area contributed by atoms with Crippen LogP contribution in [0.15, 0.2) is 24.5 Å². The van der Waals surface area contributed by atoms with Gasteiger partial charge in [-0.3, -0.25) is 4.68 Å². The van der Waals surface area contributed by atoms with Gasteiger partial charge in [0, 0.05) is 18.8 Å². The normalized spacial score (nSPS) is 16.2. The van der Waals surface area contributed by atoms with Gasteiger partial charge in [-0.15, -0.1) is 0 Å². The second-order valence-electron chi connectivity index (χ2n) is 4.33. The fourth-order valence-corrected chi connectivity index (χ4v) is 1.46. The third kappa shape index (κ3) is 3.59. The Morgan fingerprint density at radius 1 is 1.53 bits per heavy atom. The zero-order valence-electron chi connectivity index (χ0n) is 9.30. The first-order valence-electron chi connectivity index (χ1n) is 5.45. The minimum Gasteiger partial charge on any atom is -0.310 e. The topological polar surface area (TPSA) is 29.9 Å². The number of aromatic nitrogens is 2. The highest BCUT2D eigenvalue weighted by Gasteiger charge is 2.32. The van der Waals surface area contributed by atoms with Crippen LogP contribution in [-0.2, 0) is 12.7 Å². The lowest BCUT2D eigenvalue weighted by molar-refractivity contribution is -0.137. The molecule has 17 heavy (non-hydrogen) atoms. The van der Waals surface area contributed by atoms with Crippen molar-refractivity contribution in [3.05, 3.63) is 30.1 Å². The number of hydrogen-bond acceptors (Lipinski definition) is 2. The summed E-state index contributed by atoms with van der Waals surface area (Å²) in [7, 11) is 0. The molecule has 1 aliphatic carbocycles. The number of nitrogens with one attached hydrogen (secondary N) is 1. The predicted octanol–water partition coefficient (Wildman–Crippen LogP) is 2.21. The van der Waals surface area contributed by atoms with Gasteiger partial charge in [0.15, 0.2) is 0 Å². The average Bonchev–Trinajstić information content (AvgIpc) is 2.93. The van der Waals surface area contributed by atoms with Gasteiger partial charge in [-0.05, 0) is 18.4 Å². The first-order valence-corrected chi connectivity index (χ1v) is 5.45. The molecule has 1 aliphatic rings. The molecule has 1 saturated carbocycles. The summed E-state index contributed by atoms with van der Waals surface area (Å²) in [4.78, 5) is 0. The minimum absolute atomic E-state index is 0.315. The van der Waals surface area contributed by atoms with Gasteiger partial charge in [-0.2, -0.15) is 18.3 Å². The Labute approximate surface area is 97.3 Å². The van der Waals surface area contributed by atoms with Crippen LogP contribution in [0, 0.1) is 0 Å². The number of alkyl halides is 3. The molecule has 2 rings (SSSR count). The van der Waals surface area contributed by atoms with E-state index in [4.69, 9.17) is 0 Å². The van der Waals surface area contributed by atoms with Crippen LogP contribution in [0.3, 0.4) is 0 Å². The summed E-state index contributed by atoms with van der Waals surface area (Å²) in [6, 6.07) is 0.565. The molecule has 0 unspecified atom stereocenters. The van der Waals surface area contributed by atoms with E-state index in [1.54, 1.807) is 0 Å². The van der Waals surface area contributed by atoms with Crippen molar-refractivity contribution in [2.24, 2.45) is 0 Å². The Kier molecular flexibility index (Phi) is 3.24. The van der Waals surface area contributed by atoms with Gasteiger partial charge in [-0.1, -0.05) is 6.58 Å². The number of hydrogen-bond donors (Lipinski definition) is 1. The Hall–Kier alpha value is -1.30. The molecule has 94 valence electrons. The van der Waals surface area contributed by atoms with E-state index >= 15 is 0 Å². The quantitative estimate of drug-likeness (QED) is 0.806. The summed E-state index contributed by atoms with van der Waals surface area (Å²) < 4.78 is 38.2. The molecule has 0 atom stereocenters. The van der Waals surface area contributed by atoms with E-state index in [0.717, 1.165) is 18.0 Å². The van der Waals surface area contributed by atoms with Gasteiger partial charge in [0.05, 0.1) is 18.3 Å². The SMILES string of the molecule is C=C(CNC1CC1)Cn1cc(C(F)(F)F)cn1. The van der Waals surface area contributed by atoms with E-state index in [9.17, 15) is 13.2 Å². The summed E-state index contributed by atoms with van der Waals surface area (Å²) in [5.74, 6) is 0. The summed E-state index contributed by atoms with van der Waals surface area (Å²) >= 11 is 0. The van der Waals surface area contributed by atoms with E-state index in [1.165, 1.54) is 17.5 Å². The molecule has 0 radical (unpaired) electrons. The van der Waals surface area contributed by atoms with E-state index in [2.05, 4.69) is 17.0 Å². The summed E-state index contributed by atoms with van der Waals surface area (Å²) in [5, 5.41) is 6.92. The van der Waals surface area contributed by atoms with Crippen molar-refractivity contribution in [3.8, 4) is 0 Å². The predicted molar refractivity (Wildman–Crippen MR) is 57.4 cm³/mol. The van der Waals surface area contributed by atoms with Gasteiger partial charge < -0.3 is 5.32 Å². The third-order valence-corrected chi connectivity index (χ3v) is 2.56. The summed E-state index contributed by atoms with van der Waals surface area (Å²) in [5.41, 5.74) is 0.106. The van der Waals surface area contributed by atoms with Crippen molar-refractivity contribution >= 4 is 0 Å². The van der Waals surface area contributed by atoms with Crippen LogP contribution in [0.4, 0.5) is 13.2 Å². The maximum atomic E-state index is 12.3. The molecule has 0 aliphatic heterocycles. The molecular formula is C11H14F3N3. The van der Waals surface area contributed by atoms with Crippen LogP contribution in [0.25, 0.3) is 0 Å². The molecule has 1 heterocycles. The molecule has 0 amide bonds. The lowest BCUT2D eigenvalue weighted by atomic mass is 10.3. The summed E-state index contributed by atoms with van der Waals surface area (Å²) in [6.45, 7) is 4.76. The Morgan fingerprint density at radius 3 is 2.76 bits per heavy atom. The molecule has 0 spiro atoms. The zero-order chi connectivity index (χ0) is 12.5. The van der Waals surface area contributed by atoms with Crippen LogP contribution in [0.1, 0.15) is 18.4 Å². The van der Waals surface area contributed by atoms with Crippen LogP contribution in [-0.4, -0.2) is 22.4 Å². The molecule has 6 heteroatoms. The first-order chi connectivity index (χ1) is 7.95. The van der Waals surface area contributed by atoms with Crippen molar-refractivity contribution in [3.63, 3.8) is 0 Å². The first kappa shape index (κ1) is 12.2. The van der Waals surface area contributed by atoms with Gasteiger partial charge in [-0.25, -0.2) is 0 Å². The Morgan fingerprint density at radius 2 is 2.24 bits per heavy atom. The standard InChI is InChI=1S/C11H14F3N3/c1-8(4-15-10-2-3-10)6-17-7-9(5-16-17)11(12,13)14/h5,7,10,15H,1-4,6H2. The van der Waals surface area contributed by atoms with Gasteiger partial charge >= 0.3 is 6.18 Å². The lowest BCUT2D eigenvalue weighted by Crippen LogP contribution is -2.21.